The molecule has 2 amide bonds. The summed E-state index contributed by atoms with van der Waals surface area (Å²) in [7, 11) is -2.26. The van der Waals surface area contributed by atoms with Crippen molar-refractivity contribution < 1.29 is 18.0 Å². The van der Waals surface area contributed by atoms with Crippen molar-refractivity contribution >= 4 is 62.2 Å². The Kier molecular flexibility index (Phi) is 6.66. The van der Waals surface area contributed by atoms with Gasteiger partial charge in [0.25, 0.3) is 11.8 Å². The second kappa shape index (κ2) is 8.83. The van der Waals surface area contributed by atoms with Gasteiger partial charge in [-0.15, -0.1) is 11.3 Å². The fourth-order valence-electron chi connectivity index (χ4n) is 2.69. The molecule has 7 nitrogen and oxygen atoms in total. The van der Waals surface area contributed by atoms with Crippen molar-refractivity contribution in [1.29, 1.82) is 0 Å². The number of halogens is 1. The van der Waals surface area contributed by atoms with Gasteiger partial charge in [-0.3, -0.25) is 9.59 Å². The summed E-state index contributed by atoms with van der Waals surface area (Å²) in [5, 5.41) is 6.96. The first kappa shape index (κ1) is 21.1. The third kappa shape index (κ3) is 4.36. The van der Waals surface area contributed by atoms with E-state index in [0.717, 1.165) is 22.8 Å². The van der Waals surface area contributed by atoms with E-state index in [1.54, 1.807) is 23.2 Å². The molecule has 0 atom stereocenters. The first-order valence-corrected chi connectivity index (χ1v) is 12.2. The van der Waals surface area contributed by atoms with Crippen LogP contribution in [0.25, 0.3) is 0 Å². The molecule has 11 heteroatoms. The van der Waals surface area contributed by atoms with Gasteiger partial charge < -0.3 is 10.6 Å². The molecule has 0 spiro atoms. The van der Waals surface area contributed by atoms with Gasteiger partial charge in [-0.1, -0.05) is 11.6 Å². The lowest BCUT2D eigenvalue weighted by Crippen LogP contribution is -2.38. The van der Waals surface area contributed by atoms with Gasteiger partial charge in [0, 0.05) is 37.3 Å². The van der Waals surface area contributed by atoms with E-state index in [1.165, 1.54) is 29.6 Å². The molecule has 1 aromatic carbocycles. The van der Waals surface area contributed by atoms with Crippen LogP contribution >= 0.6 is 34.7 Å². The Labute approximate surface area is 176 Å². The quantitative estimate of drug-likeness (QED) is 0.716. The van der Waals surface area contributed by atoms with Crippen LogP contribution in [0.3, 0.4) is 0 Å². The molecular formula is C17H18ClN3O4S3. The van der Waals surface area contributed by atoms with E-state index in [0.29, 0.717) is 18.8 Å². The lowest BCUT2D eigenvalue weighted by Gasteiger charge is -2.25. The number of hydrogen-bond donors (Lipinski definition) is 2. The molecule has 150 valence electrons. The van der Waals surface area contributed by atoms with Gasteiger partial charge in [0.2, 0.25) is 10.0 Å². The third-order valence-electron chi connectivity index (χ3n) is 4.12. The molecule has 1 aromatic heterocycles. The Hall–Kier alpha value is -1.59. The predicted molar refractivity (Wildman–Crippen MR) is 113 cm³/mol. The van der Waals surface area contributed by atoms with Crippen LogP contribution in [-0.4, -0.2) is 56.2 Å². The van der Waals surface area contributed by atoms with E-state index >= 15 is 0 Å². The summed E-state index contributed by atoms with van der Waals surface area (Å²) < 4.78 is 27.3. The van der Waals surface area contributed by atoms with E-state index in [2.05, 4.69) is 10.6 Å². The Balaban J connectivity index is 1.85. The Morgan fingerprint density at radius 3 is 2.54 bits per heavy atom. The summed E-state index contributed by atoms with van der Waals surface area (Å²) in [6, 6.07) is 5.95. The number of nitrogens with zero attached hydrogens (tertiary/aromatic N) is 1. The minimum atomic E-state index is -3.73. The molecule has 1 fully saturated rings. The van der Waals surface area contributed by atoms with Crippen molar-refractivity contribution in [1.82, 2.24) is 9.62 Å². The number of thioether (sulfide) groups is 1. The van der Waals surface area contributed by atoms with Crippen LogP contribution < -0.4 is 10.6 Å². The molecule has 1 aliphatic heterocycles. The van der Waals surface area contributed by atoms with Gasteiger partial charge >= 0.3 is 0 Å². The SMILES string of the molecule is CNC(=O)c1cc(NC(=O)c2sccc2S(=O)(=O)N2CCSCC2)ccc1Cl. The number of thiophene rings is 1. The highest BCUT2D eigenvalue weighted by Crippen LogP contribution is 2.28. The first-order chi connectivity index (χ1) is 13.3. The summed E-state index contributed by atoms with van der Waals surface area (Å²) in [6.45, 7) is 0.854. The summed E-state index contributed by atoms with van der Waals surface area (Å²) in [5.41, 5.74) is 0.561. The van der Waals surface area contributed by atoms with Crippen molar-refractivity contribution in [3.05, 3.63) is 45.1 Å². The van der Waals surface area contributed by atoms with Gasteiger partial charge in [0.05, 0.1) is 10.6 Å². The molecule has 1 aliphatic rings. The van der Waals surface area contributed by atoms with Crippen molar-refractivity contribution in [2.75, 3.05) is 37.0 Å². The average molecular weight is 460 g/mol. The zero-order valence-electron chi connectivity index (χ0n) is 14.9. The van der Waals surface area contributed by atoms with Crippen LogP contribution in [0, 0.1) is 0 Å². The minimum absolute atomic E-state index is 0.00221. The maximum atomic E-state index is 12.9. The number of amides is 2. The monoisotopic (exact) mass is 459 g/mol. The Morgan fingerprint density at radius 2 is 1.86 bits per heavy atom. The van der Waals surface area contributed by atoms with Crippen molar-refractivity contribution in [2.24, 2.45) is 0 Å². The van der Waals surface area contributed by atoms with E-state index in [9.17, 15) is 18.0 Å². The number of carbonyl (C=O) groups is 2. The van der Waals surface area contributed by atoms with Crippen molar-refractivity contribution in [2.45, 2.75) is 4.90 Å². The van der Waals surface area contributed by atoms with Crippen LogP contribution in [0.1, 0.15) is 20.0 Å². The van der Waals surface area contributed by atoms with Crippen LogP contribution in [0.2, 0.25) is 5.02 Å². The highest BCUT2D eigenvalue weighted by atomic mass is 35.5. The maximum absolute atomic E-state index is 12.9. The van der Waals surface area contributed by atoms with E-state index in [-0.39, 0.29) is 26.3 Å². The molecule has 1 saturated heterocycles. The smallest absolute Gasteiger partial charge is 0.267 e. The molecule has 0 aliphatic carbocycles. The largest absolute Gasteiger partial charge is 0.355 e. The van der Waals surface area contributed by atoms with Crippen LogP contribution in [0.15, 0.2) is 34.5 Å². The lowest BCUT2D eigenvalue weighted by atomic mass is 10.2. The van der Waals surface area contributed by atoms with E-state index < -0.39 is 15.9 Å². The Morgan fingerprint density at radius 1 is 1.14 bits per heavy atom. The fourth-order valence-corrected chi connectivity index (χ4v) is 6.77. The first-order valence-electron chi connectivity index (χ1n) is 8.33. The number of carbonyl (C=O) groups excluding carboxylic acids is 2. The number of nitrogens with one attached hydrogen (secondary N) is 2. The third-order valence-corrected chi connectivity index (χ3v) is 8.37. The summed E-state index contributed by atoms with van der Waals surface area (Å²) in [6.07, 6.45) is 0. The van der Waals surface area contributed by atoms with Gasteiger partial charge in [-0.25, -0.2) is 8.42 Å². The highest BCUT2D eigenvalue weighted by molar-refractivity contribution is 7.99. The summed E-state index contributed by atoms with van der Waals surface area (Å²) in [4.78, 5) is 24.7. The second-order valence-electron chi connectivity index (χ2n) is 5.86. The summed E-state index contributed by atoms with van der Waals surface area (Å²) >= 11 is 8.78. The van der Waals surface area contributed by atoms with Gasteiger partial charge in [-0.2, -0.15) is 16.1 Å². The predicted octanol–water partition coefficient (Wildman–Crippen LogP) is 2.75. The normalized spacial score (nSPS) is 15.2. The highest BCUT2D eigenvalue weighted by Gasteiger charge is 2.31. The Bertz CT molecular complexity index is 1000. The van der Waals surface area contributed by atoms with Crippen molar-refractivity contribution in [3.8, 4) is 0 Å². The maximum Gasteiger partial charge on any atom is 0.267 e. The van der Waals surface area contributed by atoms with Crippen LogP contribution in [-0.2, 0) is 10.0 Å². The molecule has 2 N–H and O–H groups in total. The molecule has 2 heterocycles. The number of benzene rings is 1. The second-order valence-corrected chi connectivity index (χ2v) is 10.3. The van der Waals surface area contributed by atoms with E-state index in [4.69, 9.17) is 11.6 Å². The summed E-state index contributed by atoms with van der Waals surface area (Å²) in [5.74, 6) is 0.532. The average Bonchev–Trinajstić information content (AvgIpc) is 3.20. The zero-order chi connectivity index (χ0) is 20.3. The van der Waals surface area contributed by atoms with E-state index in [1.807, 2.05) is 0 Å². The van der Waals surface area contributed by atoms with Crippen molar-refractivity contribution in [3.63, 3.8) is 0 Å². The number of hydrogen-bond acceptors (Lipinski definition) is 6. The molecule has 0 bridgehead atoms. The molecular weight excluding hydrogens is 442 g/mol. The van der Waals surface area contributed by atoms with Crippen LogP contribution in [0.4, 0.5) is 5.69 Å². The van der Waals surface area contributed by atoms with Gasteiger partial charge in [0.1, 0.15) is 9.77 Å². The van der Waals surface area contributed by atoms with Gasteiger partial charge in [-0.05, 0) is 29.6 Å². The van der Waals surface area contributed by atoms with Crippen LogP contribution in [0.5, 0.6) is 0 Å². The number of sulfonamides is 1. The number of anilines is 1. The topological polar surface area (TPSA) is 95.6 Å². The van der Waals surface area contributed by atoms with Gasteiger partial charge in [0.15, 0.2) is 0 Å². The number of rotatable bonds is 5. The molecule has 0 saturated carbocycles. The fraction of sp³-hybridized carbons (Fsp3) is 0.294. The minimum Gasteiger partial charge on any atom is -0.355 e. The zero-order valence-corrected chi connectivity index (χ0v) is 18.1. The standard InChI is InChI=1S/C17H18ClN3O4S3/c1-19-16(22)12-10-11(2-3-13(12)18)20-17(23)15-14(4-7-27-15)28(24,25)21-5-8-26-9-6-21/h2-4,7,10H,5-6,8-9H2,1H3,(H,19,22)(H,20,23). The lowest BCUT2D eigenvalue weighted by molar-refractivity contribution is 0.0961. The molecule has 28 heavy (non-hydrogen) atoms. The molecule has 0 unspecified atom stereocenters. The molecule has 0 radical (unpaired) electrons. The molecule has 2 aromatic rings. The molecule has 3 rings (SSSR count).